The van der Waals surface area contributed by atoms with Gasteiger partial charge in [-0.05, 0) is 6.07 Å². The van der Waals surface area contributed by atoms with Gasteiger partial charge in [0.05, 0.1) is 20.3 Å². The number of aliphatic hydroxyl groups excluding tert-OH is 1. The number of rotatable bonds is 4. The number of methoxy groups -OCH3 is 1. The van der Waals surface area contributed by atoms with Gasteiger partial charge in [-0.2, -0.15) is 0 Å². The Labute approximate surface area is 106 Å². The summed E-state index contributed by atoms with van der Waals surface area (Å²) in [5.41, 5.74) is 0.694. The summed E-state index contributed by atoms with van der Waals surface area (Å²) in [6, 6.07) is 7.27. The van der Waals surface area contributed by atoms with Gasteiger partial charge in [0.2, 0.25) is 5.91 Å². The Kier molecular flexibility index (Phi) is 4.17. The molecule has 1 aromatic rings. The molecule has 1 aliphatic rings. The maximum atomic E-state index is 11.6. The highest BCUT2D eigenvalue weighted by molar-refractivity contribution is 5.78. The number of hydrogen-bond donors (Lipinski definition) is 1. The minimum Gasteiger partial charge on any atom is -0.496 e. The van der Waals surface area contributed by atoms with E-state index >= 15 is 0 Å². The van der Waals surface area contributed by atoms with E-state index in [1.807, 2.05) is 12.1 Å². The first-order chi connectivity index (χ1) is 8.72. The Bertz CT molecular complexity index is 421. The maximum Gasteiger partial charge on any atom is 0.248 e. The van der Waals surface area contributed by atoms with Crippen molar-refractivity contribution in [1.29, 1.82) is 0 Å². The van der Waals surface area contributed by atoms with Crippen molar-refractivity contribution in [3.05, 3.63) is 29.8 Å². The highest BCUT2D eigenvalue weighted by Gasteiger charge is 2.23. The van der Waals surface area contributed by atoms with E-state index in [4.69, 9.17) is 9.47 Å². The quantitative estimate of drug-likeness (QED) is 0.850. The molecular formula is C13H17NO4. The molecule has 0 saturated carbocycles. The van der Waals surface area contributed by atoms with E-state index in [0.717, 1.165) is 0 Å². The Hall–Kier alpha value is -1.59. The van der Waals surface area contributed by atoms with Crippen molar-refractivity contribution in [2.45, 2.75) is 6.10 Å². The average Bonchev–Trinajstić information content (AvgIpc) is 2.41. The van der Waals surface area contributed by atoms with Crippen molar-refractivity contribution < 1.29 is 19.4 Å². The Morgan fingerprint density at radius 2 is 2.28 bits per heavy atom. The summed E-state index contributed by atoms with van der Waals surface area (Å²) in [6.07, 6.45) is -0.747. The standard InChI is InChI=1S/C13H17NO4/c1-17-12-5-3-2-4-10(12)11(15)8-14-6-7-18-9-13(14)16/h2-5,11,15H,6-9H2,1H3. The summed E-state index contributed by atoms with van der Waals surface area (Å²) in [5, 5.41) is 10.2. The highest BCUT2D eigenvalue weighted by Crippen LogP contribution is 2.25. The molecule has 1 atom stereocenters. The summed E-state index contributed by atoms with van der Waals surface area (Å²) in [6.45, 7) is 1.40. The molecule has 0 bridgehead atoms. The minimum atomic E-state index is -0.747. The first-order valence-electron chi connectivity index (χ1n) is 5.89. The lowest BCUT2D eigenvalue weighted by Crippen LogP contribution is -2.43. The first kappa shape index (κ1) is 12.9. The van der Waals surface area contributed by atoms with Crippen LogP contribution in [0.3, 0.4) is 0 Å². The summed E-state index contributed by atoms with van der Waals surface area (Å²) in [7, 11) is 1.56. The smallest absolute Gasteiger partial charge is 0.248 e. The van der Waals surface area contributed by atoms with E-state index in [1.54, 1.807) is 24.1 Å². The number of nitrogens with zero attached hydrogens (tertiary/aromatic N) is 1. The van der Waals surface area contributed by atoms with Crippen molar-refractivity contribution in [2.75, 3.05) is 33.4 Å². The van der Waals surface area contributed by atoms with Crippen LogP contribution in [0.15, 0.2) is 24.3 Å². The van der Waals surface area contributed by atoms with E-state index in [-0.39, 0.29) is 19.1 Å². The SMILES string of the molecule is COc1ccccc1C(O)CN1CCOCC1=O. The lowest BCUT2D eigenvalue weighted by molar-refractivity contribution is -0.144. The van der Waals surface area contributed by atoms with Crippen LogP contribution in [-0.4, -0.2) is 49.3 Å². The molecule has 0 aromatic heterocycles. The molecule has 2 rings (SSSR count). The third-order valence-corrected chi connectivity index (χ3v) is 2.98. The van der Waals surface area contributed by atoms with Crippen LogP contribution in [0.25, 0.3) is 0 Å². The molecule has 0 aliphatic carbocycles. The second-order valence-electron chi connectivity index (χ2n) is 4.15. The molecule has 18 heavy (non-hydrogen) atoms. The second-order valence-corrected chi connectivity index (χ2v) is 4.15. The number of carbonyl (C=O) groups excluding carboxylic acids is 1. The molecule has 1 fully saturated rings. The molecule has 1 aromatic carbocycles. The number of hydrogen-bond acceptors (Lipinski definition) is 4. The summed E-state index contributed by atoms with van der Waals surface area (Å²) < 4.78 is 10.2. The number of para-hydroxylation sites is 1. The fourth-order valence-electron chi connectivity index (χ4n) is 1.99. The van der Waals surface area contributed by atoms with Gasteiger partial charge in [-0.15, -0.1) is 0 Å². The van der Waals surface area contributed by atoms with Crippen molar-refractivity contribution in [3.8, 4) is 5.75 Å². The molecule has 0 spiro atoms. The minimum absolute atomic E-state index is 0.0878. The molecule has 1 N–H and O–H groups in total. The molecule has 0 radical (unpaired) electrons. The number of aliphatic hydroxyl groups is 1. The molecule has 1 heterocycles. The number of amides is 1. The number of carbonyl (C=O) groups is 1. The van der Waals surface area contributed by atoms with Crippen LogP contribution >= 0.6 is 0 Å². The van der Waals surface area contributed by atoms with Crippen LogP contribution in [0.1, 0.15) is 11.7 Å². The van der Waals surface area contributed by atoms with Crippen LogP contribution in [-0.2, 0) is 9.53 Å². The number of ether oxygens (including phenoxy) is 2. The number of β-amino-alcohol motifs (C(OH)–C–C–N with tert-alkyl or cyclic N) is 1. The zero-order chi connectivity index (χ0) is 13.0. The fourth-order valence-corrected chi connectivity index (χ4v) is 1.99. The average molecular weight is 251 g/mol. The predicted octanol–water partition coefficient (Wildman–Crippen LogP) is 0.587. The Morgan fingerprint density at radius 3 is 3.00 bits per heavy atom. The van der Waals surface area contributed by atoms with E-state index in [0.29, 0.717) is 24.5 Å². The van der Waals surface area contributed by atoms with Crippen LogP contribution in [0.2, 0.25) is 0 Å². The van der Waals surface area contributed by atoms with Gasteiger partial charge in [0.1, 0.15) is 18.5 Å². The molecule has 5 heteroatoms. The van der Waals surface area contributed by atoms with Crippen LogP contribution in [0, 0.1) is 0 Å². The molecule has 1 aliphatic heterocycles. The van der Waals surface area contributed by atoms with Crippen molar-refractivity contribution in [1.82, 2.24) is 4.90 Å². The van der Waals surface area contributed by atoms with Crippen molar-refractivity contribution in [2.24, 2.45) is 0 Å². The van der Waals surface area contributed by atoms with Crippen molar-refractivity contribution in [3.63, 3.8) is 0 Å². The van der Waals surface area contributed by atoms with E-state index in [1.165, 1.54) is 0 Å². The molecule has 98 valence electrons. The van der Waals surface area contributed by atoms with Crippen LogP contribution < -0.4 is 4.74 Å². The van der Waals surface area contributed by atoms with Gasteiger partial charge in [-0.3, -0.25) is 4.79 Å². The van der Waals surface area contributed by atoms with Crippen molar-refractivity contribution >= 4 is 5.91 Å². The maximum absolute atomic E-state index is 11.6. The highest BCUT2D eigenvalue weighted by atomic mass is 16.5. The molecule has 1 saturated heterocycles. The second kappa shape index (κ2) is 5.84. The lowest BCUT2D eigenvalue weighted by Gasteiger charge is -2.29. The predicted molar refractivity (Wildman–Crippen MR) is 65.4 cm³/mol. The summed E-state index contributed by atoms with van der Waals surface area (Å²) in [4.78, 5) is 13.2. The first-order valence-corrected chi connectivity index (χ1v) is 5.89. The lowest BCUT2D eigenvalue weighted by atomic mass is 10.1. The van der Waals surface area contributed by atoms with E-state index < -0.39 is 6.10 Å². The van der Waals surface area contributed by atoms with Crippen LogP contribution in [0.4, 0.5) is 0 Å². The molecule has 1 amide bonds. The zero-order valence-electron chi connectivity index (χ0n) is 10.3. The van der Waals surface area contributed by atoms with Gasteiger partial charge in [0.25, 0.3) is 0 Å². The third-order valence-electron chi connectivity index (χ3n) is 2.98. The third kappa shape index (κ3) is 2.80. The van der Waals surface area contributed by atoms with Gasteiger partial charge >= 0.3 is 0 Å². The van der Waals surface area contributed by atoms with Gasteiger partial charge in [0.15, 0.2) is 0 Å². The van der Waals surface area contributed by atoms with Gasteiger partial charge in [-0.1, -0.05) is 18.2 Å². The molecular weight excluding hydrogens is 234 g/mol. The normalized spacial score (nSPS) is 17.7. The largest absolute Gasteiger partial charge is 0.496 e. The molecule has 1 unspecified atom stereocenters. The van der Waals surface area contributed by atoms with E-state index in [9.17, 15) is 9.90 Å². The fraction of sp³-hybridized carbons (Fsp3) is 0.462. The zero-order valence-corrected chi connectivity index (χ0v) is 10.3. The van der Waals surface area contributed by atoms with Gasteiger partial charge in [0, 0.05) is 12.1 Å². The Morgan fingerprint density at radius 1 is 1.50 bits per heavy atom. The Balaban J connectivity index is 2.06. The molecule has 5 nitrogen and oxygen atoms in total. The summed E-state index contributed by atoms with van der Waals surface area (Å²) in [5.74, 6) is 0.543. The number of morpholine rings is 1. The monoisotopic (exact) mass is 251 g/mol. The number of benzene rings is 1. The van der Waals surface area contributed by atoms with Crippen LogP contribution in [0.5, 0.6) is 5.75 Å². The van der Waals surface area contributed by atoms with Gasteiger partial charge < -0.3 is 19.5 Å². The summed E-state index contributed by atoms with van der Waals surface area (Å²) >= 11 is 0. The topological polar surface area (TPSA) is 59.0 Å². The van der Waals surface area contributed by atoms with E-state index in [2.05, 4.69) is 0 Å². The van der Waals surface area contributed by atoms with Gasteiger partial charge in [-0.25, -0.2) is 0 Å².